The Labute approximate surface area is 132 Å². The van der Waals surface area contributed by atoms with Gasteiger partial charge in [0, 0.05) is 7.11 Å². The lowest BCUT2D eigenvalue weighted by Gasteiger charge is -2.18. The van der Waals surface area contributed by atoms with Crippen molar-refractivity contribution in [2.45, 2.75) is 24.9 Å². The van der Waals surface area contributed by atoms with Crippen LogP contribution in [0, 0.1) is 0 Å². The molecule has 124 valence electrons. The van der Waals surface area contributed by atoms with Gasteiger partial charge in [0.05, 0.1) is 7.11 Å². The molecule has 0 aromatic heterocycles. The summed E-state index contributed by atoms with van der Waals surface area (Å²) >= 11 is 0. The topological polar surface area (TPSA) is 100 Å². The average Bonchev–Trinajstić information content (AvgIpc) is 2.89. The van der Waals surface area contributed by atoms with Gasteiger partial charge < -0.3 is 24.3 Å². The van der Waals surface area contributed by atoms with Crippen LogP contribution in [-0.4, -0.2) is 50.5 Å². The number of carbonyl (C=O) groups excluding carboxylic acids is 3. The van der Waals surface area contributed by atoms with Gasteiger partial charge in [0.25, 0.3) is 0 Å². The summed E-state index contributed by atoms with van der Waals surface area (Å²) in [7, 11) is 2.46. The zero-order valence-electron chi connectivity index (χ0n) is 12.7. The molecule has 8 heteroatoms. The highest BCUT2D eigenvalue weighted by atomic mass is 16.6. The van der Waals surface area contributed by atoms with E-state index in [1.54, 1.807) is 12.1 Å². The minimum Gasteiger partial charge on any atom is -0.466 e. The van der Waals surface area contributed by atoms with Gasteiger partial charge in [-0.15, -0.1) is 0 Å². The molecule has 2 rings (SSSR count). The van der Waals surface area contributed by atoms with Gasteiger partial charge in [0.1, 0.15) is 12.7 Å². The third-order valence-corrected chi connectivity index (χ3v) is 3.32. The normalized spacial score (nSPS) is 23.0. The summed E-state index contributed by atoms with van der Waals surface area (Å²) in [6, 6.07) is 7.91. The number of carbonyl (C=O) groups is 3. The predicted octanol–water partition coefficient (Wildman–Crippen LogP) is 0.395. The molecule has 23 heavy (non-hydrogen) atoms. The molecule has 3 atom stereocenters. The van der Waals surface area contributed by atoms with E-state index < -0.39 is 36.3 Å². The van der Waals surface area contributed by atoms with Crippen molar-refractivity contribution in [1.82, 2.24) is 5.32 Å². The fourth-order valence-electron chi connectivity index (χ4n) is 2.17. The van der Waals surface area contributed by atoms with E-state index in [0.717, 1.165) is 12.7 Å². The highest BCUT2D eigenvalue weighted by Gasteiger charge is 2.50. The van der Waals surface area contributed by atoms with Gasteiger partial charge in [0.15, 0.2) is 6.04 Å². The number of hydrogen-bond donors (Lipinski definition) is 1. The molecule has 1 fully saturated rings. The molecule has 0 radical (unpaired) electrons. The number of alkyl carbamates (subject to hydrolysis) is 1. The van der Waals surface area contributed by atoms with Gasteiger partial charge in [-0.2, -0.15) is 0 Å². The lowest BCUT2D eigenvalue weighted by molar-refractivity contribution is -0.162. The Balaban J connectivity index is 1.93. The maximum atomic E-state index is 11.8. The van der Waals surface area contributed by atoms with Crippen molar-refractivity contribution in [2.75, 3.05) is 14.2 Å². The summed E-state index contributed by atoms with van der Waals surface area (Å²) in [6.45, 7) is 0.0481. The van der Waals surface area contributed by atoms with E-state index in [1.165, 1.54) is 7.11 Å². The molecule has 1 aromatic rings. The number of amides is 1. The van der Waals surface area contributed by atoms with E-state index in [0.29, 0.717) is 0 Å². The van der Waals surface area contributed by atoms with Crippen LogP contribution in [0.2, 0.25) is 0 Å². The molecule has 1 aromatic carbocycles. The van der Waals surface area contributed by atoms with Crippen LogP contribution in [0.3, 0.4) is 0 Å². The lowest BCUT2D eigenvalue weighted by Crippen LogP contribution is -2.48. The molecule has 0 saturated carbocycles. The number of methoxy groups -OCH3 is 2. The second kappa shape index (κ2) is 7.59. The van der Waals surface area contributed by atoms with Crippen LogP contribution in [0.1, 0.15) is 5.56 Å². The number of hydrogen-bond acceptors (Lipinski definition) is 7. The van der Waals surface area contributed by atoms with E-state index in [-0.39, 0.29) is 6.61 Å². The predicted molar refractivity (Wildman–Crippen MR) is 76.2 cm³/mol. The zero-order chi connectivity index (χ0) is 16.8. The van der Waals surface area contributed by atoms with Crippen molar-refractivity contribution in [3.8, 4) is 0 Å². The highest BCUT2D eigenvalue weighted by molar-refractivity contribution is 5.90. The Hall–Kier alpha value is -2.61. The fourth-order valence-corrected chi connectivity index (χ4v) is 2.17. The quantitative estimate of drug-likeness (QED) is 0.618. The van der Waals surface area contributed by atoms with Crippen molar-refractivity contribution in [3.63, 3.8) is 0 Å². The van der Waals surface area contributed by atoms with Crippen molar-refractivity contribution < 1.29 is 33.3 Å². The van der Waals surface area contributed by atoms with Crippen molar-refractivity contribution in [2.24, 2.45) is 0 Å². The van der Waals surface area contributed by atoms with Crippen LogP contribution in [0.4, 0.5) is 4.79 Å². The lowest BCUT2D eigenvalue weighted by atomic mass is 10.1. The van der Waals surface area contributed by atoms with E-state index in [4.69, 9.17) is 14.2 Å². The Morgan fingerprint density at radius 2 is 1.91 bits per heavy atom. The van der Waals surface area contributed by atoms with Crippen LogP contribution in [-0.2, 0) is 35.1 Å². The van der Waals surface area contributed by atoms with E-state index in [1.807, 2.05) is 18.2 Å². The molecule has 0 unspecified atom stereocenters. The van der Waals surface area contributed by atoms with E-state index in [9.17, 15) is 14.4 Å². The first-order valence-corrected chi connectivity index (χ1v) is 6.85. The molecule has 1 aliphatic heterocycles. The Morgan fingerprint density at radius 1 is 1.22 bits per heavy atom. The molecule has 0 bridgehead atoms. The van der Waals surface area contributed by atoms with Crippen LogP contribution < -0.4 is 5.32 Å². The molecule has 1 N–H and O–H groups in total. The maximum Gasteiger partial charge on any atom is 0.408 e. The summed E-state index contributed by atoms with van der Waals surface area (Å²) in [5.41, 5.74) is 0.798. The van der Waals surface area contributed by atoms with Crippen LogP contribution in [0.5, 0.6) is 0 Å². The molecule has 0 spiro atoms. The SMILES string of the molecule is COC(=O)[C@H]1OC(=O)[C@@H](NC(=O)OCc2ccccc2)[C@@H]1OC. The Bertz CT molecular complexity index is 574. The number of rotatable bonds is 5. The van der Waals surface area contributed by atoms with Crippen LogP contribution >= 0.6 is 0 Å². The van der Waals surface area contributed by atoms with Crippen LogP contribution in [0.25, 0.3) is 0 Å². The minimum absolute atomic E-state index is 0.0481. The number of esters is 2. The molecule has 0 aliphatic carbocycles. The zero-order valence-corrected chi connectivity index (χ0v) is 12.7. The monoisotopic (exact) mass is 323 g/mol. The standard InChI is InChI=1S/C15H17NO7/c1-20-11-10(13(17)23-12(11)14(18)21-2)16-15(19)22-8-9-6-4-3-5-7-9/h3-7,10-12H,8H2,1-2H3,(H,16,19)/t10-,11-,12-/m0/s1. The summed E-state index contributed by atoms with van der Waals surface area (Å²) in [5.74, 6) is -1.55. The first-order valence-electron chi connectivity index (χ1n) is 6.85. The van der Waals surface area contributed by atoms with Crippen molar-refractivity contribution >= 4 is 18.0 Å². The Morgan fingerprint density at radius 3 is 2.52 bits per heavy atom. The minimum atomic E-state index is -1.23. The van der Waals surface area contributed by atoms with Crippen molar-refractivity contribution in [1.29, 1.82) is 0 Å². The summed E-state index contributed by atoms with van der Waals surface area (Å²) in [4.78, 5) is 35.2. The molecule has 1 heterocycles. The molecule has 1 saturated heterocycles. The number of cyclic esters (lactones) is 1. The van der Waals surface area contributed by atoms with Gasteiger partial charge in [-0.25, -0.2) is 14.4 Å². The third kappa shape index (κ3) is 3.98. The average molecular weight is 323 g/mol. The third-order valence-electron chi connectivity index (χ3n) is 3.32. The number of nitrogens with one attached hydrogen (secondary N) is 1. The number of ether oxygens (including phenoxy) is 4. The summed E-state index contributed by atoms with van der Waals surface area (Å²) < 4.78 is 19.5. The van der Waals surface area contributed by atoms with E-state index >= 15 is 0 Å². The summed E-state index contributed by atoms with van der Waals surface area (Å²) in [6.07, 6.45) is -3.03. The molecular weight excluding hydrogens is 306 g/mol. The fraction of sp³-hybridized carbons (Fsp3) is 0.400. The van der Waals surface area contributed by atoms with Gasteiger partial charge in [-0.05, 0) is 5.56 Å². The van der Waals surface area contributed by atoms with E-state index in [2.05, 4.69) is 10.1 Å². The smallest absolute Gasteiger partial charge is 0.408 e. The largest absolute Gasteiger partial charge is 0.466 e. The first-order chi connectivity index (χ1) is 11.1. The first kappa shape index (κ1) is 16.8. The highest BCUT2D eigenvalue weighted by Crippen LogP contribution is 2.20. The molecular formula is C15H17NO7. The number of benzene rings is 1. The van der Waals surface area contributed by atoms with Crippen LogP contribution in [0.15, 0.2) is 30.3 Å². The Kier molecular flexibility index (Phi) is 5.53. The summed E-state index contributed by atoms with van der Waals surface area (Å²) in [5, 5.41) is 2.34. The van der Waals surface area contributed by atoms with Gasteiger partial charge >= 0.3 is 18.0 Å². The van der Waals surface area contributed by atoms with Gasteiger partial charge in [0.2, 0.25) is 6.10 Å². The second-order valence-electron chi connectivity index (χ2n) is 4.76. The van der Waals surface area contributed by atoms with Crippen molar-refractivity contribution in [3.05, 3.63) is 35.9 Å². The molecule has 1 aliphatic rings. The second-order valence-corrected chi connectivity index (χ2v) is 4.76. The molecule has 8 nitrogen and oxygen atoms in total. The molecule has 1 amide bonds. The van der Waals surface area contributed by atoms with Gasteiger partial charge in [-0.1, -0.05) is 30.3 Å². The maximum absolute atomic E-state index is 11.8. The van der Waals surface area contributed by atoms with Gasteiger partial charge in [-0.3, -0.25) is 0 Å².